The van der Waals surface area contributed by atoms with Crippen LogP contribution in [0, 0.1) is 5.92 Å². The van der Waals surface area contributed by atoms with E-state index in [1.54, 1.807) is 4.68 Å². The van der Waals surface area contributed by atoms with Crippen molar-refractivity contribution in [3.05, 3.63) is 12.2 Å². The quantitative estimate of drug-likeness (QED) is 0.714. The van der Waals surface area contributed by atoms with E-state index in [-0.39, 0.29) is 5.78 Å². The minimum absolute atomic E-state index is 0.239. The molecule has 0 bridgehead atoms. The maximum absolute atomic E-state index is 11.5. The zero-order valence-corrected chi connectivity index (χ0v) is 9.03. The van der Waals surface area contributed by atoms with Crippen LogP contribution in [-0.2, 0) is 17.8 Å². The van der Waals surface area contributed by atoms with Gasteiger partial charge in [-0.05, 0) is 12.8 Å². The largest absolute Gasteiger partial charge is 0.299 e. The van der Waals surface area contributed by atoms with Crippen LogP contribution in [0.1, 0.15) is 33.0 Å². The average Bonchev–Trinajstić information content (AvgIpc) is 2.50. The van der Waals surface area contributed by atoms with E-state index in [2.05, 4.69) is 10.1 Å². The number of aromatic nitrogens is 3. The Morgan fingerprint density at radius 3 is 2.86 bits per heavy atom. The van der Waals surface area contributed by atoms with E-state index < -0.39 is 0 Å². The number of Topliss-reactive ketones (excluding diaryl/α,β-unsaturated/α-hetero) is 1. The Bertz CT molecular complexity index is 304. The summed E-state index contributed by atoms with van der Waals surface area (Å²) in [4.78, 5) is 15.6. The monoisotopic (exact) mass is 195 g/mol. The number of rotatable bonds is 5. The van der Waals surface area contributed by atoms with E-state index in [1.165, 1.54) is 6.33 Å². The molecule has 4 nitrogen and oxygen atoms in total. The van der Waals surface area contributed by atoms with Gasteiger partial charge in [0.25, 0.3) is 0 Å². The highest BCUT2D eigenvalue weighted by atomic mass is 16.1. The molecule has 78 valence electrons. The summed E-state index contributed by atoms with van der Waals surface area (Å²) in [5.74, 6) is 1.43. The highest BCUT2D eigenvalue weighted by Crippen LogP contribution is 2.04. The molecule has 0 aliphatic heterocycles. The van der Waals surface area contributed by atoms with Crippen LogP contribution in [-0.4, -0.2) is 20.5 Å². The number of hydrogen-bond acceptors (Lipinski definition) is 3. The van der Waals surface area contributed by atoms with Crippen molar-refractivity contribution >= 4 is 5.78 Å². The molecule has 1 heterocycles. The molecule has 4 heteroatoms. The summed E-state index contributed by atoms with van der Waals surface area (Å²) in [7, 11) is 0. The first-order chi connectivity index (χ1) is 6.63. The normalized spacial score (nSPS) is 10.9. The lowest BCUT2D eigenvalue weighted by Gasteiger charge is -2.04. The Balaban J connectivity index is 2.55. The van der Waals surface area contributed by atoms with Gasteiger partial charge in [0.1, 0.15) is 17.9 Å². The molecule has 0 unspecified atom stereocenters. The Morgan fingerprint density at radius 1 is 1.57 bits per heavy atom. The third kappa shape index (κ3) is 2.94. The maximum atomic E-state index is 11.5. The van der Waals surface area contributed by atoms with E-state index in [1.807, 2.05) is 20.8 Å². The Morgan fingerprint density at radius 2 is 2.29 bits per heavy atom. The van der Waals surface area contributed by atoms with Crippen molar-refractivity contribution in [2.24, 2.45) is 5.92 Å². The predicted molar refractivity (Wildman–Crippen MR) is 53.9 cm³/mol. The van der Waals surface area contributed by atoms with E-state index in [4.69, 9.17) is 0 Å². The molecular weight excluding hydrogens is 178 g/mol. The van der Waals surface area contributed by atoms with Gasteiger partial charge in [0.2, 0.25) is 0 Å². The molecular formula is C10H17N3O. The number of aryl methyl sites for hydroxylation is 1. The molecule has 0 aromatic carbocycles. The van der Waals surface area contributed by atoms with E-state index in [0.717, 1.165) is 12.4 Å². The number of carbonyl (C=O) groups is 1. The molecule has 0 spiro atoms. The topological polar surface area (TPSA) is 47.8 Å². The van der Waals surface area contributed by atoms with E-state index in [9.17, 15) is 4.79 Å². The fraction of sp³-hybridized carbons (Fsp3) is 0.700. The first-order valence-corrected chi connectivity index (χ1v) is 5.01. The van der Waals surface area contributed by atoms with Gasteiger partial charge < -0.3 is 0 Å². The van der Waals surface area contributed by atoms with Crippen molar-refractivity contribution < 1.29 is 4.79 Å². The lowest BCUT2D eigenvalue weighted by molar-refractivity contribution is -0.119. The molecule has 0 amide bonds. The van der Waals surface area contributed by atoms with Crippen LogP contribution in [0.25, 0.3) is 0 Å². The molecule has 0 aliphatic rings. The molecule has 0 N–H and O–H groups in total. The van der Waals surface area contributed by atoms with Crippen LogP contribution in [0.15, 0.2) is 6.33 Å². The second kappa shape index (κ2) is 4.88. The zero-order chi connectivity index (χ0) is 10.6. The molecule has 0 saturated carbocycles. The summed E-state index contributed by atoms with van der Waals surface area (Å²) < 4.78 is 1.76. The summed E-state index contributed by atoms with van der Waals surface area (Å²) in [5.41, 5.74) is 0. The third-order valence-electron chi connectivity index (χ3n) is 1.99. The van der Waals surface area contributed by atoms with Crippen LogP contribution < -0.4 is 0 Å². The van der Waals surface area contributed by atoms with Gasteiger partial charge in [-0.2, -0.15) is 5.10 Å². The molecule has 1 rings (SSSR count). The van der Waals surface area contributed by atoms with Crippen molar-refractivity contribution in [3.8, 4) is 0 Å². The molecule has 0 fully saturated rings. The fourth-order valence-electron chi connectivity index (χ4n) is 1.39. The van der Waals surface area contributed by atoms with Gasteiger partial charge in [-0.1, -0.05) is 13.8 Å². The number of carbonyl (C=O) groups excluding carboxylic acids is 1. The Kier molecular flexibility index (Phi) is 3.80. The van der Waals surface area contributed by atoms with Crippen LogP contribution in [0.3, 0.4) is 0 Å². The van der Waals surface area contributed by atoms with Crippen LogP contribution in [0.5, 0.6) is 0 Å². The predicted octanol–water partition coefficient (Wildman–Crippen LogP) is 1.46. The summed E-state index contributed by atoms with van der Waals surface area (Å²) in [6.07, 6.45) is 2.53. The third-order valence-corrected chi connectivity index (χ3v) is 1.99. The van der Waals surface area contributed by atoms with Crippen molar-refractivity contribution in [2.45, 2.75) is 40.2 Å². The van der Waals surface area contributed by atoms with Gasteiger partial charge in [0.05, 0.1) is 6.42 Å². The SMILES string of the molecule is CCn1ncnc1CC(=O)CC(C)C. The summed E-state index contributed by atoms with van der Waals surface area (Å²) in [5, 5.41) is 4.02. The smallest absolute Gasteiger partial charge is 0.140 e. The number of ketones is 1. The van der Waals surface area contributed by atoms with Gasteiger partial charge in [-0.25, -0.2) is 9.67 Å². The van der Waals surface area contributed by atoms with Crippen molar-refractivity contribution in [1.29, 1.82) is 0 Å². The van der Waals surface area contributed by atoms with Crippen LogP contribution in [0.2, 0.25) is 0 Å². The minimum Gasteiger partial charge on any atom is -0.299 e. The molecule has 0 aliphatic carbocycles. The van der Waals surface area contributed by atoms with Gasteiger partial charge in [-0.15, -0.1) is 0 Å². The van der Waals surface area contributed by atoms with Crippen molar-refractivity contribution in [2.75, 3.05) is 0 Å². The molecule has 1 aromatic heterocycles. The second-order valence-electron chi connectivity index (χ2n) is 3.81. The highest BCUT2D eigenvalue weighted by molar-refractivity contribution is 5.80. The Hall–Kier alpha value is -1.19. The Labute approximate surface area is 84.3 Å². The fourth-order valence-corrected chi connectivity index (χ4v) is 1.39. The van der Waals surface area contributed by atoms with Gasteiger partial charge in [0, 0.05) is 13.0 Å². The molecule has 1 aromatic rings. The average molecular weight is 195 g/mol. The zero-order valence-electron chi connectivity index (χ0n) is 9.03. The van der Waals surface area contributed by atoms with Gasteiger partial charge in [0.15, 0.2) is 0 Å². The maximum Gasteiger partial charge on any atom is 0.140 e. The second-order valence-corrected chi connectivity index (χ2v) is 3.81. The number of nitrogens with zero attached hydrogens (tertiary/aromatic N) is 3. The molecule has 14 heavy (non-hydrogen) atoms. The van der Waals surface area contributed by atoms with Gasteiger partial charge >= 0.3 is 0 Å². The number of hydrogen-bond donors (Lipinski definition) is 0. The molecule has 0 atom stereocenters. The molecule has 0 saturated heterocycles. The van der Waals surface area contributed by atoms with Crippen molar-refractivity contribution in [3.63, 3.8) is 0 Å². The minimum atomic E-state index is 0.239. The molecule has 0 radical (unpaired) electrons. The summed E-state index contributed by atoms with van der Waals surface area (Å²) in [6, 6.07) is 0. The van der Waals surface area contributed by atoms with Crippen molar-refractivity contribution in [1.82, 2.24) is 14.8 Å². The van der Waals surface area contributed by atoms with E-state index >= 15 is 0 Å². The lowest BCUT2D eigenvalue weighted by Crippen LogP contribution is -2.12. The first kappa shape index (κ1) is 10.9. The summed E-state index contributed by atoms with van der Waals surface area (Å²) in [6.45, 7) is 6.85. The summed E-state index contributed by atoms with van der Waals surface area (Å²) >= 11 is 0. The highest BCUT2D eigenvalue weighted by Gasteiger charge is 2.10. The first-order valence-electron chi connectivity index (χ1n) is 5.01. The van der Waals surface area contributed by atoms with Crippen LogP contribution >= 0.6 is 0 Å². The lowest BCUT2D eigenvalue weighted by atomic mass is 10.1. The standard InChI is InChI=1S/C10H17N3O/c1-4-13-10(11-7-12-13)6-9(14)5-8(2)3/h7-8H,4-6H2,1-3H3. The van der Waals surface area contributed by atoms with Crippen LogP contribution in [0.4, 0.5) is 0 Å². The van der Waals surface area contributed by atoms with E-state index in [0.29, 0.717) is 18.8 Å². The van der Waals surface area contributed by atoms with Gasteiger partial charge in [-0.3, -0.25) is 4.79 Å².